The van der Waals surface area contributed by atoms with E-state index in [-0.39, 0.29) is 17.5 Å². The minimum absolute atomic E-state index is 0.243. The zero-order valence-corrected chi connectivity index (χ0v) is 13.9. The number of methoxy groups -OCH3 is 1. The Morgan fingerprint density at radius 2 is 2.04 bits per heavy atom. The first kappa shape index (κ1) is 16.1. The molecule has 24 heavy (non-hydrogen) atoms. The number of aliphatic imine (C=N–C) groups is 1. The summed E-state index contributed by atoms with van der Waals surface area (Å²) in [5.74, 6) is 0.668. The van der Waals surface area contributed by atoms with Crippen LogP contribution < -0.4 is 4.74 Å². The van der Waals surface area contributed by atoms with E-state index in [1.807, 2.05) is 37.3 Å². The van der Waals surface area contributed by atoms with Crippen molar-refractivity contribution >= 4 is 23.5 Å². The van der Waals surface area contributed by atoms with E-state index < -0.39 is 0 Å². The van der Waals surface area contributed by atoms with Gasteiger partial charge in [-0.1, -0.05) is 23.7 Å². The molecule has 1 aromatic heterocycles. The van der Waals surface area contributed by atoms with Gasteiger partial charge in [0.1, 0.15) is 5.75 Å². The van der Waals surface area contributed by atoms with E-state index in [0.29, 0.717) is 22.0 Å². The summed E-state index contributed by atoms with van der Waals surface area (Å²) < 4.78 is 10.5. The summed E-state index contributed by atoms with van der Waals surface area (Å²) in [6, 6.07) is 12.7. The monoisotopic (exact) mass is 342 g/mol. The Morgan fingerprint density at radius 1 is 1.25 bits per heavy atom. The van der Waals surface area contributed by atoms with Crippen molar-refractivity contribution in [3.63, 3.8) is 0 Å². The zero-order chi connectivity index (χ0) is 17.1. The number of benzene rings is 2. The van der Waals surface area contributed by atoms with E-state index in [0.717, 1.165) is 5.56 Å². The fraction of sp³-hybridized carbons (Fsp3) is 0.111. The normalized spacial score (nSPS) is 11.1. The maximum Gasteiger partial charge on any atom is 0.312 e. The van der Waals surface area contributed by atoms with Crippen molar-refractivity contribution in [1.29, 1.82) is 0 Å². The third-order valence-electron chi connectivity index (χ3n) is 3.52. The van der Waals surface area contributed by atoms with Gasteiger partial charge in [0.25, 0.3) is 0 Å². The van der Waals surface area contributed by atoms with E-state index in [1.165, 1.54) is 6.21 Å². The average Bonchev–Trinajstić information content (AvgIpc) is 2.97. The summed E-state index contributed by atoms with van der Waals surface area (Å²) in [5.41, 5.74) is 2.50. The highest BCUT2D eigenvalue weighted by Gasteiger charge is 2.13. The van der Waals surface area contributed by atoms with Crippen LogP contribution in [0, 0.1) is 6.92 Å². The van der Waals surface area contributed by atoms with Crippen molar-refractivity contribution in [2.75, 3.05) is 7.11 Å². The Balaban J connectivity index is 1.91. The second kappa shape index (κ2) is 6.76. The SMILES string of the molecule is COc1cccc(-c2nc(C=Nc3cccc(Cl)c3C)c(O)o2)c1. The highest BCUT2D eigenvalue weighted by Crippen LogP contribution is 2.29. The second-order valence-corrected chi connectivity index (χ2v) is 5.49. The van der Waals surface area contributed by atoms with Crippen LogP contribution in [0.2, 0.25) is 5.02 Å². The van der Waals surface area contributed by atoms with Crippen molar-refractivity contribution < 1.29 is 14.3 Å². The fourth-order valence-corrected chi connectivity index (χ4v) is 2.32. The summed E-state index contributed by atoms with van der Waals surface area (Å²) in [6.07, 6.45) is 1.45. The molecule has 5 nitrogen and oxygen atoms in total. The highest BCUT2D eigenvalue weighted by molar-refractivity contribution is 6.31. The Kier molecular flexibility index (Phi) is 4.53. The molecular weight excluding hydrogens is 328 g/mol. The molecule has 0 saturated heterocycles. The Bertz CT molecular complexity index is 903. The molecular formula is C18H15ClN2O3. The molecule has 122 valence electrons. The van der Waals surface area contributed by atoms with Gasteiger partial charge < -0.3 is 14.3 Å². The van der Waals surface area contributed by atoms with Gasteiger partial charge >= 0.3 is 5.95 Å². The quantitative estimate of drug-likeness (QED) is 0.693. The molecule has 1 heterocycles. The van der Waals surface area contributed by atoms with Crippen LogP contribution in [-0.4, -0.2) is 23.4 Å². The van der Waals surface area contributed by atoms with Gasteiger partial charge in [0, 0.05) is 10.6 Å². The number of halogens is 1. The molecule has 0 unspecified atom stereocenters. The van der Waals surface area contributed by atoms with Crippen molar-refractivity contribution in [3.05, 3.63) is 58.7 Å². The smallest absolute Gasteiger partial charge is 0.312 e. The summed E-state index contributed by atoms with van der Waals surface area (Å²) >= 11 is 6.07. The van der Waals surface area contributed by atoms with E-state index in [1.54, 1.807) is 19.2 Å². The first-order chi connectivity index (χ1) is 11.6. The minimum Gasteiger partial charge on any atom is -0.497 e. The molecule has 1 N–H and O–H groups in total. The molecule has 0 bridgehead atoms. The molecule has 0 fully saturated rings. The predicted molar refractivity (Wildman–Crippen MR) is 93.6 cm³/mol. The Labute approximate surface area is 144 Å². The van der Waals surface area contributed by atoms with Crippen LogP contribution in [0.1, 0.15) is 11.3 Å². The van der Waals surface area contributed by atoms with Gasteiger partial charge in [-0.25, -0.2) is 4.98 Å². The maximum absolute atomic E-state index is 9.94. The number of oxazole rings is 1. The maximum atomic E-state index is 9.94. The molecule has 0 aliphatic rings. The molecule has 0 aliphatic heterocycles. The number of aromatic nitrogens is 1. The zero-order valence-electron chi connectivity index (χ0n) is 13.2. The van der Waals surface area contributed by atoms with Crippen molar-refractivity contribution in [2.24, 2.45) is 4.99 Å². The molecule has 0 spiro atoms. The molecule has 0 amide bonds. The van der Waals surface area contributed by atoms with Crippen LogP contribution in [0.15, 0.2) is 51.9 Å². The van der Waals surface area contributed by atoms with Gasteiger partial charge in [-0.15, -0.1) is 0 Å². The van der Waals surface area contributed by atoms with Gasteiger partial charge in [-0.2, -0.15) is 0 Å². The van der Waals surface area contributed by atoms with Crippen LogP contribution >= 0.6 is 11.6 Å². The predicted octanol–water partition coefficient (Wildman–Crippen LogP) is 4.77. The van der Waals surface area contributed by atoms with Crippen LogP contribution in [0.5, 0.6) is 11.7 Å². The first-order valence-electron chi connectivity index (χ1n) is 7.22. The molecule has 0 saturated carbocycles. The summed E-state index contributed by atoms with van der Waals surface area (Å²) in [5, 5.41) is 10.6. The molecule has 3 rings (SSSR count). The van der Waals surface area contributed by atoms with Crippen molar-refractivity contribution in [1.82, 2.24) is 4.98 Å². The molecule has 0 atom stereocenters. The second-order valence-electron chi connectivity index (χ2n) is 5.08. The van der Waals surface area contributed by atoms with Gasteiger partial charge in [0.15, 0.2) is 5.69 Å². The number of nitrogens with zero attached hydrogens (tertiary/aromatic N) is 2. The lowest BCUT2D eigenvalue weighted by molar-refractivity contribution is 0.336. The third kappa shape index (κ3) is 3.26. The van der Waals surface area contributed by atoms with Crippen molar-refractivity contribution in [2.45, 2.75) is 6.92 Å². The number of rotatable bonds is 4. The summed E-state index contributed by atoms with van der Waals surface area (Å²) in [6.45, 7) is 1.87. The van der Waals surface area contributed by atoms with Crippen LogP contribution in [-0.2, 0) is 0 Å². The highest BCUT2D eigenvalue weighted by atomic mass is 35.5. The van der Waals surface area contributed by atoms with Gasteiger partial charge in [0.05, 0.1) is 19.0 Å². The lowest BCUT2D eigenvalue weighted by atomic mass is 10.2. The Hall–Kier alpha value is -2.79. The van der Waals surface area contributed by atoms with Crippen LogP contribution in [0.3, 0.4) is 0 Å². The number of ether oxygens (including phenoxy) is 1. The number of aromatic hydroxyl groups is 1. The lowest BCUT2D eigenvalue weighted by Gasteiger charge is -2.00. The molecule has 0 radical (unpaired) electrons. The van der Waals surface area contributed by atoms with Crippen LogP contribution in [0.4, 0.5) is 5.69 Å². The largest absolute Gasteiger partial charge is 0.497 e. The van der Waals surface area contributed by atoms with Gasteiger partial charge in [-0.05, 0) is 42.8 Å². The van der Waals surface area contributed by atoms with E-state index in [2.05, 4.69) is 9.98 Å². The minimum atomic E-state index is -0.295. The molecule has 0 aliphatic carbocycles. The number of hydrogen-bond donors (Lipinski definition) is 1. The van der Waals surface area contributed by atoms with E-state index >= 15 is 0 Å². The molecule has 6 heteroatoms. The third-order valence-corrected chi connectivity index (χ3v) is 3.93. The van der Waals surface area contributed by atoms with Gasteiger partial charge in [0.2, 0.25) is 5.89 Å². The topological polar surface area (TPSA) is 67.9 Å². The Morgan fingerprint density at radius 3 is 2.83 bits per heavy atom. The lowest BCUT2D eigenvalue weighted by Crippen LogP contribution is -1.85. The fourth-order valence-electron chi connectivity index (χ4n) is 2.15. The first-order valence-corrected chi connectivity index (χ1v) is 7.59. The van der Waals surface area contributed by atoms with Crippen molar-refractivity contribution in [3.8, 4) is 23.1 Å². The molecule has 3 aromatic rings. The summed E-state index contributed by atoms with van der Waals surface area (Å²) in [4.78, 5) is 8.59. The standard InChI is InChI=1S/C18H15ClN2O3/c1-11-14(19)7-4-8-15(11)20-10-16-18(22)24-17(21-16)12-5-3-6-13(9-12)23-2/h3-10,22H,1-2H3. The summed E-state index contributed by atoms with van der Waals surface area (Å²) in [7, 11) is 1.58. The van der Waals surface area contributed by atoms with Crippen LogP contribution in [0.25, 0.3) is 11.5 Å². The average molecular weight is 343 g/mol. The van der Waals surface area contributed by atoms with Gasteiger partial charge in [-0.3, -0.25) is 4.99 Å². The number of hydrogen-bond acceptors (Lipinski definition) is 5. The van der Waals surface area contributed by atoms with E-state index in [4.69, 9.17) is 20.8 Å². The molecule has 2 aromatic carbocycles. The van der Waals surface area contributed by atoms with E-state index in [9.17, 15) is 5.11 Å².